The Bertz CT molecular complexity index is 590. The number of hydrogen-bond acceptors (Lipinski definition) is 5. The molecule has 1 aliphatic heterocycles. The van der Waals surface area contributed by atoms with E-state index in [1.54, 1.807) is 30.3 Å². The molecule has 0 aromatic heterocycles. The number of benzene rings is 1. The highest BCUT2D eigenvalue weighted by atomic mass is 32.2. The summed E-state index contributed by atoms with van der Waals surface area (Å²) in [5.74, 6) is -0.494. The number of nitrogens with one attached hydrogen (secondary N) is 1. The van der Waals surface area contributed by atoms with Crippen LogP contribution in [0.5, 0.6) is 0 Å². The molecule has 0 aliphatic carbocycles. The molecule has 1 aliphatic rings. The molecule has 2 atom stereocenters. The number of hydrogen-bond donors (Lipinski definition) is 2. The van der Waals surface area contributed by atoms with Crippen LogP contribution < -0.4 is 10.5 Å². The molecule has 2 unspecified atom stereocenters. The molecule has 1 heterocycles. The van der Waals surface area contributed by atoms with E-state index in [9.17, 15) is 13.2 Å². The van der Waals surface area contributed by atoms with Crippen LogP contribution in [0.4, 0.5) is 0 Å². The van der Waals surface area contributed by atoms with Gasteiger partial charge >= 0.3 is 16.2 Å². The lowest BCUT2D eigenvalue weighted by atomic mass is 10.2. The molecule has 1 aromatic carbocycles. The molecule has 1 aromatic rings. The van der Waals surface area contributed by atoms with Crippen molar-refractivity contribution >= 4 is 16.2 Å². The molecule has 1 fully saturated rings. The molecule has 3 N–H and O–H groups in total. The van der Waals surface area contributed by atoms with E-state index in [-0.39, 0.29) is 10.4 Å². The second-order valence-corrected chi connectivity index (χ2v) is 6.84. The lowest BCUT2D eigenvalue weighted by Gasteiger charge is -2.37. The van der Waals surface area contributed by atoms with E-state index in [4.69, 9.17) is 9.88 Å². The zero-order valence-electron chi connectivity index (χ0n) is 11.2. The molecule has 110 valence electrons. The second kappa shape index (κ2) is 5.49. The summed E-state index contributed by atoms with van der Waals surface area (Å²) in [5, 5.41) is 8.19. The van der Waals surface area contributed by atoms with Gasteiger partial charge in [0.1, 0.15) is 13.1 Å². The molecule has 0 saturated carbocycles. The summed E-state index contributed by atoms with van der Waals surface area (Å²) in [5.41, 5.74) is 0.421. The molecule has 0 amide bonds. The third kappa shape index (κ3) is 3.15. The van der Waals surface area contributed by atoms with E-state index in [2.05, 4.69) is 5.32 Å². The Morgan fingerprint density at radius 1 is 1.40 bits per heavy atom. The summed E-state index contributed by atoms with van der Waals surface area (Å²) in [6.45, 7) is 0.815. The summed E-state index contributed by atoms with van der Waals surface area (Å²) >= 11 is 0. The minimum atomic E-state index is -3.75. The fraction of sp³-hybridized carbons (Fsp3) is 0.417. The normalized spacial score (nSPS) is 27.0. The maximum atomic E-state index is 11.9. The van der Waals surface area contributed by atoms with E-state index in [1.165, 1.54) is 7.05 Å². The topological polar surface area (TPSA) is 98.5 Å². The van der Waals surface area contributed by atoms with Crippen molar-refractivity contribution in [3.8, 4) is 0 Å². The first-order chi connectivity index (χ1) is 9.32. The Hall–Kier alpha value is -1.48. The molecule has 0 radical (unpaired) electrons. The summed E-state index contributed by atoms with van der Waals surface area (Å²) < 4.78 is 28.1. The Balaban J connectivity index is 2.06. The highest BCUT2D eigenvalue weighted by molar-refractivity contribution is 7.83. The van der Waals surface area contributed by atoms with Crippen LogP contribution in [0.2, 0.25) is 0 Å². The molecule has 20 heavy (non-hydrogen) atoms. The Morgan fingerprint density at radius 2 is 2.05 bits per heavy atom. The predicted octanol–water partition coefficient (Wildman–Crippen LogP) is -0.577. The molecule has 7 nitrogen and oxygen atoms in total. The quantitative estimate of drug-likeness (QED) is 0.575. The van der Waals surface area contributed by atoms with Crippen molar-refractivity contribution < 1.29 is 21.8 Å². The lowest BCUT2D eigenvalue weighted by molar-refractivity contribution is -0.794. The minimum Gasteiger partial charge on any atom is -0.437 e. The maximum absolute atomic E-state index is 11.9. The number of carbonyl (C=O) groups is 1. The first-order valence-corrected chi connectivity index (χ1v) is 7.69. The van der Waals surface area contributed by atoms with Gasteiger partial charge in [-0.05, 0) is 12.1 Å². The van der Waals surface area contributed by atoms with Gasteiger partial charge in [-0.3, -0.25) is 5.32 Å². The van der Waals surface area contributed by atoms with E-state index in [0.29, 0.717) is 18.7 Å². The van der Waals surface area contributed by atoms with Crippen LogP contribution in [-0.4, -0.2) is 51.2 Å². The van der Waals surface area contributed by atoms with Crippen LogP contribution in [0.1, 0.15) is 10.4 Å². The first kappa shape index (κ1) is 14.9. The number of ether oxygens (including phenoxy) is 1. The van der Waals surface area contributed by atoms with Gasteiger partial charge in [-0.2, -0.15) is 13.6 Å². The smallest absolute Gasteiger partial charge is 0.367 e. The molecule has 0 spiro atoms. The fourth-order valence-corrected chi connectivity index (χ4v) is 2.74. The van der Waals surface area contributed by atoms with Gasteiger partial charge in [0.2, 0.25) is 6.23 Å². The van der Waals surface area contributed by atoms with Crippen LogP contribution in [-0.2, 0) is 14.9 Å². The van der Waals surface area contributed by atoms with Crippen LogP contribution in [0.15, 0.2) is 30.3 Å². The standard InChI is InChI=1S/C12H18N3O4S/c1-15(20(13,17)18)8-7-14-11(9-15)19-12(16)10-5-3-2-4-6-10/h2-6,11,14H,7-9H2,1H3,(H2,13,17,18)/q+1. The molecular formula is C12H18N3O4S+. The lowest BCUT2D eigenvalue weighted by Crippen LogP contribution is -2.65. The average Bonchev–Trinajstić information content (AvgIpc) is 2.38. The number of rotatable bonds is 3. The van der Waals surface area contributed by atoms with Gasteiger partial charge in [0.15, 0.2) is 0 Å². The molecule has 2 rings (SSSR count). The minimum absolute atomic E-state index is 0.0808. The van der Waals surface area contributed by atoms with Gasteiger partial charge in [0.25, 0.3) is 0 Å². The van der Waals surface area contributed by atoms with E-state index >= 15 is 0 Å². The Labute approximate surface area is 118 Å². The van der Waals surface area contributed by atoms with Crippen LogP contribution in [0.3, 0.4) is 0 Å². The van der Waals surface area contributed by atoms with Gasteiger partial charge in [0, 0.05) is 6.54 Å². The molecule has 1 saturated heterocycles. The van der Waals surface area contributed by atoms with Crippen molar-refractivity contribution in [1.82, 2.24) is 5.32 Å². The van der Waals surface area contributed by atoms with E-state index < -0.39 is 22.4 Å². The maximum Gasteiger partial charge on any atom is 0.367 e. The van der Waals surface area contributed by atoms with Crippen LogP contribution in [0.25, 0.3) is 0 Å². The molecule has 0 bridgehead atoms. The third-order valence-corrected chi connectivity index (χ3v) is 4.94. The number of quaternary nitrogens is 1. The van der Waals surface area contributed by atoms with Crippen LogP contribution in [0, 0.1) is 0 Å². The van der Waals surface area contributed by atoms with Crippen molar-refractivity contribution in [2.24, 2.45) is 5.14 Å². The monoisotopic (exact) mass is 300 g/mol. The SMILES string of the molecule is C[N+]1(S(N)(=O)=O)CCNC(OC(=O)c2ccccc2)C1. The average molecular weight is 300 g/mol. The largest absolute Gasteiger partial charge is 0.437 e. The predicted molar refractivity (Wildman–Crippen MR) is 72.7 cm³/mol. The van der Waals surface area contributed by atoms with Gasteiger partial charge in [-0.15, -0.1) is 0 Å². The molecule has 8 heteroatoms. The third-order valence-electron chi connectivity index (χ3n) is 3.38. The zero-order valence-corrected chi connectivity index (χ0v) is 12.0. The summed E-state index contributed by atoms with van der Waals surface area (Å²) in [6.07, 6.45) is -0.681. The second-order valence-electron chi connectivity index (χ2n) is 4.93. The number of esters is 1. The summed E-state index contributed by atoms with van der Waals surface area (Å²) in [7, 11) is -2.24. The van der Waals surface area contributed by atoms with E-state index in [0.717, 1.165) is 0 Å². The van der Waals surface area contributed by atoms with Crippen molar-refractivity contribution in [3.05, 3.63) is 35.9 Å². The van der Waals surface area contributed by atoms with Crippen molar-refractivity contribution in [3.63, 3.8) is 0 Å². The number of carbonyl (C=O) groups excluding carboxylic acids is 1. The van der Waals surface area contributed by atoms with Gasteiger partial charge in [-0.1, -0.05) is 18.2 Å². The van der Waals surface area contributed by atoms with Crippen molar-refractivity contribution in [2.75, 3.05) is 26.7 Å². The van der Waals surface area contributed by atoms with Crippen molar-refractivity contribution in [1.29, 1.82) is 0 Å². The van der Waals surface area contributed by atoms with Gasteiger partial charge in [0.05, 0.1) is 12.6 Å². The Kier molecular flexibility index (Phi) is 4.09. The zero-order chi connectivity index (χ0) is 14.8. The number of piperazine rings is 1. The number of nitrogens with two attached hydrogens (primary N) is 1. The fourth-order valence-electron chi connectivity index (χ4n) is 2.05. The first-order valence-electron chi connectivity index (χ1n) is 6.19. The summed E-state index contributed by atoms with van der Waals surface area (Å²) in [6, 6.07) is 8.53. The van der Waals surface area contributed by atoms with Crippen LogP contribution >= 0.6 is 0 Å². The summed E-state index contributed by atoms with van der Waals surface area (Å²) in [4.78, 5) is 11.9. The number of likely N-dealkylation sites (N-methyl/N-ethyl adjacent to an activating group) is 1. The van der Waals surface area contributed by atoms with Gasteiger partial charge < -0.3 is 4.74 Å². The molecular weight excluding hydrogens is 282 g/mol. The van der Waals surface area contributed by atoms with Crippen molar-refractivity contribution in [2.45, 2.75) is 6.23 Å². The van der Waals surface area contributed by atoms with Gasteiger partial charge in [-0.25, -0.2) is 8.68 Å². The van der Waals surface area contributed by atoms with E-state index in [1.807, 2.05) is 0 Å². The highest BCUT2D eigenvalue weighted by Gasteiger charge is 2.41. The number of nitrogens with zero attached hydrogens (tertiary/aromatic N) is 1. The highest BCUT2D eigenvalue weighted by Crippen LogP contribution is 2.14. The Morgan fingerprint density at radius 3 is 2.65 bits per heavy atom.